The first-order valence-corrected chi connectivity index (χ1v) is 9.27. The fourth-order valence-corrected chi connectivity index (χ4v) is 3.04. The molecule has 0 radical (unpaired) electrons. The van der Waals surface area contributed by atoms with Gasteiger partial charge in [0.2, 0.25) is 5.60 Å². The van der Waals surface area contributed by atoms with Crippen molar-refractivity contribution in [1.29, 1.82) is 0 Å². The van der Waals surface area contributed by atoms with Crippen LogP contribution in [0.5, 0.6) is 0 Å². The van der Waals surface area contributed by atoms with Gasteiger partial charge in [0.1, 0.15) is 11.7 Å². The Morgan fingerprint density at radius 1 is 1.08 bits per heavy atom. The summed E-state index contributed by atoms with van der Waals surface area (Å²) in [5.41, 5.74) is -3.31. The third-order valence-electron chi connectivity index (χ3n) is 6.31. The summed E-state index contributed by atoms with van der Waals surface area (Å²) in [5.74, 6) is -1.51. The zero-order chi connectivity index (χ0) is 20.1. The Hall–Kier alpha value is -1.59. The molecule has 0 aromatic carbocycles. The first-order chi connectivity index (χ1) is 11.6. The van der Waals surface area contributed by atoms with Crippen LogP contribution in [-0.4, -0.2) is 35.2 Å². The Morgan fingerprint density at radius 3 is 2.12 bits per heavy atom. The number of carbonyl (C=O) groups excluding carboxylic acids is 3. The molecule has 2 saturated heterocycles. The van der Waals surface area contributed by atoms with Crippen LogP contribution in [0.3, 0.4) is 0 Å². The molecule has 3 aliphatic rings. The van der Waals surface area contributed by atoms with Crippen molar-refractivity contribution in [3.63, 3.8) is 0 Å². The molecule has 3 unspecified atom stereocenters. The molecule has 0 aromatic rings. The van der Waals surface area contributed by atoms with Crippen molar-refractivity contribution >= 4 is 17.9 Å². The van der Waals surface area contributed by atoms with Gasteiger partial charge < -0.3 is 14.2 Å². The van der Waals surface area contributed by atoms with Gasteiger partial charge >= 0.3 is 17.9 Å². The van der Waals surface area contributed by atoms with Crippen LogP contribution < -0.4 is 0 Å². The lowest BCUT2D eigenvalue weighted by molar-refractivity contribution is -0.226. The summed E-state index contributed by atoms with van der Waals surface area (Å²) in [5, 5.41) is 0. The molecule has 3 atom stereocenters. The van der Waals surface area contributed by atoms with Gasteiger partial charge in [-0.2, -0.15) is 0 Å². The quantitative estimate of drug-likeness (QED) is 0.559. The maximum atomic E-state index is 12.7. The molecule has 3 fully saturated rings. The fraction of sp³-hybridized carbons (Fsp3) is 0.850. The SMILES string of the molecule is CC(C)(OC(=O)C(C)(C)C(C)(C)C)C(=O)OC1CC2CCC1(C)OC2=O. The molecule has 2 aliphatic heterocycles. The molecule has 0 N–H and O–H groups in total. The molecule has 1 saturated carbocycles. The lowest BCUT2D eigenvalue weighted by Crippen LogP contribution is -2.58. The molecule has 2 heterocycles. The summed E-state index contributed by atoms with van der Waals surface area (Å²) in [6.45, 7) is 14.3. The third kappa shape index (κ3) is 3.60. The topological polar surface area (TPSA) is 78.9 Å². The molecule has 6 nitrogen and oxygen atoms in total. The molecule has 2 bridgehead atoms. The van der Waals surface area contributed by atoms with Crippen molar-refractivity contribution in [1.82, 2.24) is 0 Å². The average molecular weight is 368 g/mol. The number of hydrogen-bond donors (Lipinski definition) is 0. The summed E-state index contributed by atoms with van der Waals surface area (Å²) in [6.07, 6.45) is 1.36. The Labute approximate surface area is 155 Å². The number of rotatable bonds is 4. The molecule has 1 aliphatic carbocycles. The number of hydrogen-bond acceptors (Lipinski definition) is 6. The molecule has 3 rings (SSSR count). The number of ether oxygens (including phenoxy) is 3. The van der Waals surface area contributed by atoms with Crippen LogP contribution in [0.1, 0.15) is 74.7 Å². The second kappa shape index (κ2) is 6.24. The molecular weight excluding hydrogens is 336 g/mol. The van der Waals surface area contributed by atoms with Gasteiger partial charge in [0, 0.05) is 6.42 Å². The molecule has 0 spiro atoms. The molecular formula is C20H32O6. The van der Waals surface area contributed by atoms with E-state index in [-0.39, 0.29) is 17.3 Å². The van der Waals surface area contributed by atoms with Crippen LogP contribution in [0.25, 0.3) is 0 Å². The van der Waals surface area contributed by atoms with Crippen molar-refractivity contribution in [2.45, 2.75) is 92.0 Å². The summed E-state index contributed by atoms with van der Waals surface area (Å²) in [4.78, 5) is 37.2. The maximum absolute atomic E-state index is 12.7. The number of carbonyl (C=O) groups is 3. The Kier molecular flexibility index (Phi) is 4.97. The van der Waals surface area contributed by atoms with E-state index in [4.69, 9.17) is 14.2 Å². The van der Waals surface area contributed by atoms with Gasteiger partial charge in [0.05, 0.1) is 11.3 Å². The van der Waals surface area contributed by atoms with Crippen LogP contribution in [0.15, 0.2) is 0 Å². The lowest BCUT2D eigenvalue weighted by atomic mass is 9.69. The molecule has 0 amide bonds. The van der Waals surface area contributed by atoms with Crippen LogP contribution in [0, 0.1) is 16.7 Å². The van der Waals surface area contributed by atoms with E-state index in [9.17, 15) is 14.4 Å². The smallest absolute Gasteiger partial charge is 0.350 e. The van der Waals surface area contributed by atoms with Crippen molar-refractivity contribution < 1.29 is 28.6 Å². The van der Waals surface area contributed by atoms with Crippen LogP contribution in [0.2, 0.25) is 0 Å². The standard InChI is InChI=1S/C20H32O6/c1-17(2,3)18(4,5)15(22)26-19(6,7)16(23)24-13-11-12-9-10-20(13,8)25-14(12)21/h12-13H,9-11H2,1-8H3. The summed E-state index contributed by atoms with van der Waals surface area (Å²) >= 11 is 0. The van der Waals surface area contributed by atoms with Crippen molar-refractivity contribution in [2.24, 2.45) is 16.7 Å². The lowest BCUT2D eigenvalue weighted by Gasteiger charge is -2.48. The van der Waals surface area contributed by atoms with E-state index in [2.05, 4.69) is 0 Å². The van der Waals surface area contributed by atoms with Gasteiger partial charge in [0.15, 0.2) is 0 Å². The molecule has 148 valence electrons. The fourth-order valence-electron chi connectivity index (χ4n) is 3.04. The van der Waals surface area contributed by atoms with Crippen LogP contribution in [-0.2, 0) is 28.6 Å². The van der Waals surface area contributed by atoms with Gasteiger partial charge in [-0.05, 0) is 52.9 Å². The summed E-state index contributed by atoms with van der Waals surface area (Å²) in [6, 6.07) is 0. The van der Waals surface area contributed by atoms with Gasteiger partial charge in [-0.25, -0.2) is 4.79 Å². The molecule has 6 heteroatoms. The number of fused-ring (bicyclic) bond motifs is 3. The molecule has 0 aromatic heterocycles. The highest BCUT2D eigenvalue weighted by Gasteiger charge is 2.54. The van der Waals surface area contributed by atoms with Crippen LogP contribution >= 0.6 is 0 Å². The summed E-state index contributed by atoms with van der Waals surface area (Å²) < 4.78 is 16.6. The number of esters is 3. The summed E-state index contributed by atoms with van der Waals surface area (Å²) in [7, 11) is 0. The van der Waals surface area contributed by atoms with Crippen LogP contribution in [0.4, 0.5) is 0 Å². The monoisotopic (exact) mass is 368 g/mol. The van der Waals surface area contributed by atoms with E-state index in [0.717, 1.165) is 6.42 Å². The van der Waals surface area contributed by atoms with Gasteiger partial charge in [-0.15, -0.1) is 0 Å². The minimum atomic E-state index is -1.42. The van der Waals surface area contributed by atoms with Gasteiger partial charge in [0.25, 0.3) is 0 Å². The van der Waals surface area contributed by atoms with Gasteiger partial charge in [-0.3, -0.25) is 9.59 Å². The van der Waals surface area contributed by atoms with E-state index in [1.807, 2.05) is 20.8 Å². The predicted molar refractivity (Wildman–Crippen MR) is 95.1 cm³/mol. The average Bonchev–Trinajstić information content (AvgIpc) is 2.46. The maximum Gasteiger partial charge on any atom is 0.350 e. The van der Waals surface area contributed by atoms with Gasteiger partial charge in [-0.1, -0.05) is 20.8 Å². The predicted octanol–water partition coefficient (Wildman–Crippen LogP) is 3.41. The van der Waals surface area contributed by atoms with Crippen molar-refractivity contribution in [3.8, 4) is 0 Å². The van der Waals surface area contributed by atoms with E-state index in [1.54, 1.807) is 20.8 Å². The minimum absolute atomic E-state index is 0.219. The second-order valence-electron chi connectivity index (χ2n) is 9.87. The Balaban J connectivity index is 2.07. The highest BCUT2D eigenvalue weighted by atomic mass is 16.6. The first kappa shape index (κ1) is 20.7. The second-order valence-corrected chi connectivity index (χ2v) is 9.87. The van der Waals surface area contributed by atoms with Crippen molar-refractivity contribution in [3.05, 3.63) is 0 Å². The Morgan fingerprint density at radius 2 is 1.65 bits per heavy atom. The zero-order valence-electron chi connectivity index (χ0n) is 17.2. The van der Waals surface area contributed by atoms with E-state index in [1.165, 1.54) is 13.8 Å². The first-order valence-electron chi connectivity index (χ1n) is 9.27. The minimum Gasteiger partial charge on any atom is -0.455 e. The van der Waals surface area contributed by atoms with Crippen molar-refractivity contribution in [2.75, 3.05) is 0 Å². The van der Waals surface area contributed by atoms with E-state index in [0.29, 0.717) is 12.8 Å². The third-order valence-corrected chi connectivity index (χ3v) is 6.31. The molecule has 26 heavy (non-hydrogen) atoms. The zero-order valence-corrected chi connectivity index (χ0v) is 17.2. The Bertz CT molecular complexity index is 612. The van der Waals surface area contributed by atoms with E-state index < -0.39 is 34.7 Å². The largest absolute Gasteiger partial charge is 0.455 e. The van der Waals surface area contributed by atoms with E-state index >= 15 is 0 Å². The normalized spacial score (nSPS) is 29.2. The highest BCUT2D eigenvalue weighted by Crippen LogP contribution is 2.44. The highest BCUT2D eigenvalue weighted by molar-refractivity contribution is 5.85.